The van der Waals surface area contributed by atoms with Gasteiger partial charge in [0.1, 0.15) is 5.76 Å². The molecule has 0 aromatic carbocycles. The van der Waals surface area contributed by atoms with E-state index in [9.17, 15) is 8.42 Å². The Hall–Kier alpha value is -0.850. The lowest BCUT2D eigenvalue weighted by Crippen LogP contribution is -2.28. The van der Waals surface area contributed by atoms with Gasteiger partial charge in [0.15, 0.2) is 0 Å². The fourth-order valence-corrected chi connectivity index (χ4v) is 3.40. The van der Waals surface area contributed by atoms with Crippen molar-refractivity contribution < 1.29 is 12.8 Å². The minimum absolute atomic E-state index is 0.0165. The fourth-order valence-electron chi connectivity index (χ4n) is 2.04. The van der Waals surface area contributed by atoms with Crippen molar-refractivity contribution in [3.8, 4) is 0 Å². The third kappa shape index (κ3) is 3.01. The average Bonchev–Trinajstić information content (AvgIpc) is 3.16. The van der Waals surface area contributed by atoms with Gasteiger partial charge in [-0.2, -0.15) is 0 Å². The van der Waals surface area contributed by atoms with Crippen molar-refractivity contribution in [2.75, 3.05) is 0 Å². The second kappa shape index (κ2) is 4.33. The van der Waals surface area contributed by atoms with Gasteiger partial charge in [0.25, 0.3) is 10.0 Å². The number of sulfonamides is 1. The van der Waals surface area contributed by atoms with Crippen LogP contribution >= 0.6 is 0 Å². The summed E-state index contributed by atoms with van der Waals surface area (Å²) >= 11 is 0. The summed E-state index contributed by atoms with van der Waals surface area (Å²) in [5, 5.41) is 3.31. The first-order valence-electron chi connectivity index (χ1n) is 6.71. The van der Waals surface area contributed by atoms with Crippen LogP contribution < -0.4 is 10.0 Å². The van der Waals surface area contributed by atoms with Crippen LogP contribution in [-0.2, 0) is 16.6 Å². The van der Waals surface area contributed by atoms with Crippen LogP contribution in [0.3, 0.4) is 0 Å². The van der Waals surface area contributed by atoms with Crippen LogP contribution in [-0.4, -0.2) is 20.5 Å². The molecule has 3 rings (SSSR count). The van der Waals surface area contributed by atoms with Crippen LogP contribution in [0.1, 0.15) is 38.9 Å². The Morgan fingerprint density at radius 1 is 1.37 bits per heavy atom. The molecule has 1 aromatic heterocycles. The van der Waals surface area contributed by atoms with E-state index in [1.165, 1.54) is 18.9 Å². The van der Waals surface area contributed by atoms with Crippen molar-refractivity contribution in [3.63, 3.8) is 0 Å². The maximum atomic E-state index is 12.1. The van der Waals surface area contributed by atoms with Gasteiger partial charge in [-0.25, -0.2) is 13.1 Å². The maximum Gasteiger partial charge on any atom is 0.274 e. The van der Waals surface area contributed by atoms with Crippen LogP contribution in [0.4, 0.5) is 0 Å². The maximum absolute atomic E-state index is 12.1. The van der Waals surface area contributed by atoms with Gasteiger partial charge in [-0.15, -0.1) is 0 Å². The molecular formula is C13H20N2O3S. The number of furan rings is 1. The lowest BCUT2D eigenvalue weighted by atomic mass is 10.2. The summed E-state index contributed by atoms with van der Waals surface area (Å²) in [4.78, 5) is 0. The molecule has 0 amide bonds. The van der Waals surface area contributed by atoms with Crippen molar-refractivity contribution in [1.82, 2.24) is 10.0 Å². The normalized spacial score (nSPS) is 25.5. The van der Waals surface area contributed by atoms with Crippen molar-refractivity contribution in [2.24, 2.45) is 5.41 Å². The summed E-state index contributed by atoms with van der Waals surface area (Å²) in [6.07, 6.45) is 3.28. The van der Waals surface area contributed by atoms with Gasteiger partial charge >= 0.3 is 0 Å². The first-order chi connectivity index (χ1) is 8.87. The van der Waals surface area contributed by atoms with E-state index < -0.39 is 10.0 Å². The first kappa shape index (κ1) is 13.1. The Labute approximate surface area is 113 Å². The third-order valence-electron chi connectivity index (χ3n) is 3.86. The van der Waals surface area contributed by atoms with E-state index in [-0.39, 0.29) is 16.5 Å². The van der Waals surface area contributed by atoms with E-state index in [1.54, 1.807) is 6.07 Å². The SMILES string of the molecule is CC1(C)CC1NS(=O)(=O)c1ccc(CNC2CC2)o1. The first-order valence-corrected chi connectivity index (χ1v) is 8.20. The summed E-state index contributed by atoms with van der Waals surface area (Å²) in [6.45, 7) is 4.69. The highest BCUT2D eigenvalue weighted by Gasteiger charge is 2.48. The Balaban J connectivity index is 1.63. The zero-order chi connectivity index (χ0) is 13.7. The van der Waals surface area contributed by atoms with Crippen LogP contribution in [0.25, 0.3) is 0 Å². The van der Waals surface area contributed by atoms with E-state index >= 15 is 0 Å². The molecule has 0 aliphatic heterocycles. The van der Waals surface area contributed by atoms with Crippen molar-refractivity contribution >= 4 is 10.0 Å². The monoisotopic (exact) mass is 284 g/mol. The molecule has 2 saturated carbocycles. The summed E-state index contributed by atoms with van der Waals surface area (Å²) in [7, 11) is -3.51. The highest BCUT2D eigenvalue weighted by atomic mass is 32.2. The molecule has 0 radical (unpaired) electrons. The zero-order valence-electron chi connectivity index (χ0n) is 11.3. The summed E-state index contributed by atoms with van der Waals surface area (Å²) in [5.41, 5.74) is 0.0655. The van der Waals surface area contributed by atoms with Gasteiger partial charge in [0.2, 0.25) is 5.09 Å². The number of hydrogen-bond donors (Lipinski definition) is 2. The Bertz CT molecular complexity index is 572. The number of hydrogen-bond acceptors (Lipinski definition) is 4. The van der Waals surface area contributed by atoms with Gasteiger partial charge in [-0.05, 0) is 36.8 Å². The Morgan fingerprint density at radius 3 is 2.63 bits per heavy atom. The molecule has 0 spiro atoms. The largest absolute Gasteiger partial charge is 0.447 e. The third-order valence-corrected chi connectivity index (χ3v) is 5.20. The van der Waals surface area contributed by atoms with Gasteiger partial charge in [-0.1, -0.05) is 13.8 Å². The molecule has 2 aliphatic rings. The average molecular weight is 284 g/mol. The van der Waals surface area contributed by atoms with Gasteiger partial charge < -0.3 is 9.73 Å². The predicted molar refractivity (Wildman–Crippen MR) is 71.1 cm³/mol. The lowest BCUT2D eigenvalue weighted by Gasteiger charge is -2.05. The molecule has 0 bridgehead atoms. The minimum Gasteiger partial charge on any atom is -0.447 e. The molecule has 5 nitrogen and oxygen atoms in total. The van der Waals surface area contributed by atoms with Gasteiger partial charge in [0.05, 0.1) is 6.54 Å². The second-order valence-electron chi connectivity index (χ2n) is 6.24. The molecule has 1 aromatic rings. The Kier molecular flexibility index (Phi) is 2.99. The molecule has 6 heteroatoms. The minimum atomic E-state index is -3.51. The molecule has 1 atom stereocenters. The molecule has 1 heterocycles. The van der Waals surface area contributed by atoms with Crippen LogP contribution in [0, 0.1) is 5.41 Å². The highest BCUT2D eigenvalue weighted by Crippen LogP contribution is 2.45. The van der Waals surface area contributed by atoms with E-state index in [4.69, 9.17) is 4.42 Å². The summed E-state index contributed by atoms with van der Waals surface area (Å²) in [5.74, 6) is 0.669. The standard InChI is InChI=1S/C13H20N2O3S/c1-13(2)7-11(13)15-19(16,17)12-6-5-10(18-12)8-14-9-3-4-9/h5-6,9,11,14-15H,3-4,7-8H2,1-2H3. The smallest absolute Gasteiger partial charge is 0.274 e. The molecule has 2 aliphatic carbocycles. The summed E-state index contributed by atoms with van der Waals surface area (Å²) in [6, 6.07) is 3.86. The van der Waals surface area contributed by atoms with E-state index in [1.807, 2.05) is 13.8 Å². The molecule has 2 fully saturated rings. The molecule has 0 saturated heterocycles. The molecule has 1 unspecified atom stereocenters. The highest BCUT2D eigenvalue weighted by molar-refractivity contribution is 7.89. The lowest BCUT2D eigenvalue weighted by molar-refractivity contribution is 0.398. The van der Waals surface area contributed by atoms with E-state index in [0.717, 1.165) is 6.42 Å². The molecule has 19 heavy (non-hydrogen) atoms. The van der Waals surface area contributed by atoms with Crippen LogP contribution in [0.15, 0.2) is 21.6 Å². The van der Waals surface area contributed by atoms with Crippen LogP contribution in [0.5, 0.6) is 0 Å². The van der Waals surface area contributed by atoms with Crippen LogP contribution in [0.2, 0.25) is 0 Å². The topological polar surface area (TPSA) is 71.3 Å². The van der Waals surface area contributed by atoms with E-state index in [2.05, 4.69) is 10.0 Å². The van der Waals surface area contributed by atoms with E-state index in [0.29, 0.717) is 18.3 Å². The molecular weight excluding hydrogens is 264 g/mol. The number of rotatable bonds is 6. The second-order valence-corrected chi connectivity index (χ2v) is 7.89. The summed E-state index contributed by atoms with van der Waals surface area (Å²) < 4.78 is 32.3. The molecule has 106 valence electrons. The molecule has 2 N–H and O–H groups in total. The van der Waals surface area contributed by atoms with Crippen molar-refractivity contribution in [1.29, 1.82) is 0 Å². The van der Waals surface area contributed by atoms with Crippen molar-refractivity contribution in [3.05, 3.63) is 17.9 Å². The fraction of sp³-hybridized carbons (Fsp3) is 0.692. The Morgan fingerprint density at radius 2 is 2.05 bits per heavy atom. The van der Waals surface area contributed by atoms with Gasteiger partial charge in [-0.3, -0.25) is 0 Å². The van der Waals surface area contributed by atoms with Crippen molar-refractivity contribution in [2.45, 2.75) is 56.8 Å². The quantitative estimate of drug-likeness (QED) is 0.832. The van der Waals surface area contributed by atoms with Gasteiger partial charge in [0, 0.05) is 12.1 Å². The predicted octanol–water partition coefficient (Wildman–Crippen LogP) is 1.61. The number of nitrogens with one attached hydrogen (secondary N) is 2. The zero-order valence-corrected chi connectivity index (χ0v) is 12.1.